The van der Waals surface area contributed by atoms with E-state index < -0.39 is 17.8 Å². The average Bonchev–Trinajstić information content (AvgIpc) is 2.86. The number of halogens is 1. The molecule has 0 spiro atoms. The molecule has 7 heteroatoms. The first-order chi connectivity index (χ1) is 9.06. The normalized spacial score (nSPS) is 10.0. The van der Waals surface area contributed by atoms with Crippen LogP contribution in [0.1, 0.15) is 6.92 Å². The standard InChI is InChI=1S/C12H11FN4O2/c1-8(18)15-11-6-9(2-3-10(11)13)16-12(19)17-5-4-14-7-17/h2-7H,1H3,(H,15,18)(H,16,19). The van der Waals surface area contributed by atoms with E-state index in [1.165, 1.54) is 42.3 Å². The fourth-order valence-corrected chi connectivity index (χ4v) is 1.46. The Morgan fingerprint density at radius 1 is 1.32 bits per heavy atom. The summed E-state index contributed by atoms with van der Waals surface area (Å²) in [4.78, 5) is 26.4. The van der Waals surface area contributed by atoms with E-state index in [1.807, 2.05) is 0 Å². The van der Waals surface area contributed by atoms with E-state index >= 15 is 0 Å². The summed E-state index contributed by atoms with van der Waals surface area (Å²) in [6, 6.07) is 3.47. The second kappa shape index (κ2) is 5.30. The third-order valence-electron chi connectivity index (χ3n) is 2.27. The number of nitrogens with zero attached hydrogens (tertiary/aromatic N) is 2. The van der Waals surface area contributed by atoms with Gasteiger partial charge in [-0.2, -0.15) is 0 Å². The van der Waals surface area contributed by atoms with Crippen molar-refractivity contribution in [1.82, 2.24) is 9.55 Å². The van der Waals surface area contributed by atoms with Gasteiger partial charge in [-0.15, -0.1) is 0 Å². The first kappa shape index (κ1) is 12.7. The van der Waals surface area contributed by atoms with Crippen LogP contribution in [-0.4, -0.2) is 21.5 Å². The number of aromatic nitrogens is 2. The lowest BCUT2D eigenvalue weighted by Gasteiger charge is -2.08. The molecule has 0 unspecified atom stereocenters. The molecule has 0 aliphatic carbocycles. The van der Waals surface area contributed by atoms with Gasteiger partial charge in [-0.05, 0) is 18.2 Å². The van der Waals surface area contributed by atoms with Crippen LogP contribution in [0.3, 0.4) is 0 Å². The fraction of sp³-hybridized carbons (Fsp3) is 0.0833. The molecule has 1 aromatic carbocycles. The third kappa shape index (κ3) is 3.15. The first-order valence-electron chi connectivity index (χ1n) is 5.43. The van der Waals surface area contributed by atoms with Gasteiger partial charge in [0.2, 0.25) is 5.91 Å². The molecule has 1 heterocycles. The van der Waals surface area contributed by atoms with Gasteiger partial charge in [-0.1, -0.05) is 0 Å². The zero-order chi connectivity index (χ0) is 13.8. The zero-order valence-corrected chi connectivity index (χ0v) is 10.1. The molecule has 0 radical (unpaired) electrons. The monoisotopic (exact) mass is 262 g/mol. The van der Waals surface area contributed by atoms with Crippen LogP contribution in [0.15, 0.2) is 36.9 Å². The Kier molecular flexibility index (Phi) is 3.56. The zero-order valence-electron chi connectivity index (χ0n) is 10.1. The van der Waals surface area contributed by atoms with Gasteiger partial charge >= 0.3 is 6.03 Å². The Hall–Kier alpha value is -2.70. The maximum Gasteiger partial charge on any atom is 0.331 e. The minimum Gasteiger partial charge on any atom is -0.324 e. The molecule has 0 saturated carbocycles. The van der Waals surface area contributed by atoms with Crippen molar-refractivity contribution in [3.8, 4) is 0 Å². The average molecular weight is 262 g/mol. The Morgan fingerprint density at radius 3 is 2.74 bits per heavy atom. The molecule has 0 fully saturated rings. The number of carbonyl (C=O) groups is 2. The summed E-state index contributed by atoms with van der Waals surface area (Å²) in [7, 11) is 0. The van der Waals surface area contributed by atoms with Crippen molar-refractivity contribution in [3.05, 3.63) is 42.7 Å². The minimum absolute atomic E-state index is 0.0101. The summed E-state index contributed by atoms with van der Waals surface area (Å²) >= 11 is 0. The number of rotatable bonds is 2. The SMILES string of the molecule is CC(=O)Nc1cc(NC(=O)n2ccnc2)ccc1F. The molecule has 0 atom stereocenters. The molecular weight excluding hydrogens is 251 g/mol. The quantitative estimate of drug-likeness (QED) is 0.869. The molecule has 2 N–H and O–H groups in total. The van der Waals surface area contributed by atoms with Crippen molar-refractivity contribution >= 4 is 23.3 Å². The number of amides is 2. The molecule has 0 aliphatic rings. The molecule has 98 valence electrons. The van der Waals surface area contributed by atoms with Crippen LogP contribution in [0, 0.1) is 5.82 Å². The van der Waals surface area contributed by atoms with Gasteiger partial charge in [0.15, 0.2) is 0 Å². The van der Waals surface area contributed by atoms with Gasteiger partial charge in [0.25, 0.3) is 0 Å². The van der Waals surface area contributed by atoms with Crippen molar-refractivity contribution < 1.29 is 14.0 Å². The predicted molar refractivity (Wildman–Crippen MR) is 67.3 cm³/mol. The van der Waals surface area contributed by atoms with E-state index in [-0.39, 0.29) is 5.69 Å². The van der Waals surface area contributed by atoms with E-state index in [1.54, 1.807) is 0 Å². The Bertz CT molecular complexity index is 610. The minimum atomic E-state index is -0.573. The van der Waals surface area contributed by atoms with Crippen molar-refractivity contribution in [2.75, 3.05) is 10.6 Å². The van der Waals surface area contributed by atoms with Crippen molar-refractivity contribution in [3.63, 3.8) is 0 Å². The number of benzene rings is 1. The van der Waals surface area contributed by atoms with Gasteiger partial charge in [-0.25, -0.2) is 14.2 Å². The van der Waals surface area contributed by atoms with Crippen LogP contribution in [-0.2, 0) is 4.79 Å². The largest absolute Gasteiger partial charge is 0.331 e. The highest BCUT2D eigenvalue weighted by atomic mass is 19.1. The fourth-order valence-electron chi connectivity index (χ4n) is 1.46. The molecular formula is C12H11FN4O2. The van der Waals surface area contributed by atoms with E-state index in [2.05, 4.69) is 15.6 Å². The second-order valence-corrected chi connectivity index (χ2v) is 3.78. The lowest BCUT2D eigenvalue weighted by Crippen LogP contribution is -2.18. The summed E-state index contributed by atoms with van der Waals surface area (Å²) in [6.07, 6.45) is 4.29. The highest BCUT2D eigenvalue weighted by molar-refractivity contribution is 5.93. The second-order valence-electron chi connectivity index (χ2n) is 3.78. The van der Waals surface area contributed by atoms with Gasteiger partial charge in [0.05, 0.1) is 5.69 Å². The predicted octanol–water partition coefficient (Wildman–Crippen LogP) is 2.06. The highest BCUT2D eigenvalue weighted by Crippen LogP contribution is 2.19. The molecule has 2 rings (SSSR count). The number of hydrogen-bond acceptors (Lipinski definition) is 3. The number of anilines is 2. The van der Waals surface area contributed by atoms with E-state index in [4.69, 9.17) is 0 Å². The summed E-state index contributed by atoms with van der Waals surface area (Å²) in [5.74, 6) is -0.965. The van der Waals surface area contributed by atoms with E-state index in [9.17, 15) is 14.0 Å². The number of hydrogen-bond donors (Lipinski definition) is 2. The highest BCUT2D eigenvalue weighted by Gasteiger charge is 2.08. The Labute approximate surface area is 108 Å². The summed E-state index contributed by atoms with van der Waals surface area (Å²) in [5, 5.41) is 4.89. The molecule has 0 aliphatic heterocycles. The van der Waals surface area contributed by atoms with Crippen molar-refractivity contribution in [2.45, 2.75) is 6.92 Å². The number of carbonyl (C=O) groups excluding carboxylic acids is 2. The van der Waals surface area contributed by atoms with Crippen molar-refractivity contribution in [1.29, 1.82) is 0 Å². The summed E-state index contributed by atoms with van der Waals surface area (Å²) in [5.41, 5.74) is 0.375. The molecule has 0 saturated heterocycles. The van der Waals surface area contributed by atoms with Crippen LogP contribution < -0.4 is 10.6 Å². The molecule has 6 nitrogen and oxygen atoms in total. The molecule has 2 aromatic rings. The summed E-state index contributed by atoms with van der Waals surface area (Å²) < 4.78 is 14.6. The van der Waals surface area contributed by atoms with Crippen molar-refractivity contribution in [2.24, 2.45) is 0 Å². The topological polar surface area (TPSA) is 76.0 Å². The first-order valence-corrected chi connectivity index (χ1v) is 5.43. The van der Waals surface area contributed by atoms with Crippen LogP contribution in [0.2, 0.25) is 0 Å². The molecule has 2 amide bonds. The van der Waals surface area contributed by atoms with Crippen LogP contribution in [0.5, 0.6) is 0 Å². The van der Waals surface area contributed by atoms with E-state index in [0.29, 0.717) is 5.69 Å². The smallest absolute Gasteiger partial charge is 0.324 e. The maximum absolute atomic E-state index is 13.4. The maximum atomic E-state index is 13.4. The van der Waals surface area contributed by atoms with Gasteiger partial charge < -0.3 is 10.6 Å². The van der Waals surface area contributed by atoms with Crippen LogP contribution in [0.4, 0.5) is 20.6 Å². The summed E-state index contributed by atoms with van der Waals surface area (Å²) in [6.45, 7) is 1.27. The number of imidazole rings is 1. The molecule has 19 heavy (non-hydrogen) atoms. The van der Waals surface area contributed by atoms with E-state index in [0.717, 1.165) is 6.07 Å². The lowest BCUT2D eigenvalue weighted by atomic mass is 10.2. The van der Waals surface area contributed by atoms with Gasteiger partial charge in [0.1, 0.15) is 12.1 Å². The van der Waals surface area contributed by atoms with Gasteiger partial charge in [-0.3, -0.25) is 9.36 Å². The van der Waals surface area contributed by atoms with Gasteiger partial charge in [0, 0.05) is 25.0 Å². The van der Waals surface area contributed by atoms with Crippen LogP contribution >= 0.6 is 0 Å². The third-order valence-corrected chi connectivity index (χ3v) is 2.27. The Morgan fingerprint density at radius 2 is 2.11 bits per heavy atom. The lowest BCUT2D eigenvalue weighted by molar-refractivity contribution is -0.114. The van der Waals surface area contributed by atoms with Crippen LogP contribution in [0.25, 0.3) is 0 Å². The molecule has 0 bridgehead atoms. The number of nitrogens with one attached hydrogen (secondary N) is 2. The Balaban J connectivity index is 2.17. The molecule has 1 aromatic heterocycles.